The summed E-state index contributed by atoms with van der Waals surface area (Å²) in [6.45, 7) is 6.63. The summed E-state index contributed by atoms with van der Waals surface area (Å²) in [6, 6.07) is 2.09. The van der Waals surface area contributed by atoms with E-state index in [0.29, 0.717) is 11.7 Å². The monoisotopic (exact) mass is 342 g/mol. The van der Waals surface area contributed by atoms with E-state index < -0.39 is 0 Å². The number of rotatable bonds is 4. The molecule has 134 valence electrons. The van der Waals surface area contributed by atoms with Crippen molar-refractivity contribution in [3.8, 4) is 0 Å². The number of nitrogens with one attached hydrogen (secondary N) is 1. The van der Waals surface area contributed by atoms with E-state index in [4.69, 9.17) is 4.74 Å². The Kier molecular flexibility index (Phi) is 3.83. The number of fused-ring (bicyclic) bond motifs is 1. The fourth-order valence-corrected chi connectivity index (χ4v) is 4.63. The summed E-state index contributed by atoms with van der Waals surface area (Å²) in [4.78, 5) is 17.6. The van der Waals surface area contributed by atoms with Gasteiger partial charge in [-0.15, -0.1) is 0 Å². The summed E-state index contributed by atoms with van der Waals surface area (Å²) in [5.41, 5.74) is 3.29. The number of nitrogens with zero attached hydrogens (tertiary/aromatic N) is 3. The van der Waals surface area contributed by atoms with Gasteiger partial charge in [-0.2, -0.15) is 5.10 Å². The van der Waals surface area contributed by atoms with E-state index in [1.54, 1.807) is 4.68 Å². The van der Waals surface area contributed by atoms with E-state index in [0.717, 1.165) is 48.3 Å². The van der Waals surface area contributed by atoms with Crippen LogP contribution in [0.1, 0.15) is 54.4 Å². The van der Waals surface area contributed by atoms with Crippen LogP contribution in [0.25, 0.3) is 11.0 Å². The zero-order valence-electron chi connectivity index (χ0n) is 15.4. The van der Waals surface area contributed by atoms with Gasteiger partial charge in [0.15, 0.2) is 5.65 Å². The van der Waals surface area contributed by atoms with Crippen LogP contribution in [-0.4, -0.2) is 39.4 Å². The first-order chi connectivity index (χ1) is 12.0. The van der Waals surface area contributed by atoms with Crippen LogP contribution in [0.15, 0.2) is 6.07 Å². The molecule has 6 heteroatoms. The molecule has 2 saturated carbocycles. The predicted molar refractivity (Wildman–Crippen MR) is 95.6 cm³/mol. The SMILES string of the molecule is CCO[C@@H]1C[C@H](NC(=O)c2cc(C)nc3c2c(C)nn3C)C12CCC2. The van der Waals surface area contributed by atoms with Crippen LogP contribution in [0.2, 0.25) is 0 Å². The summed E-state index contributed by atoms with van der Waals surface area (Å²) in [5, 5.41) is 8.58. The summed E-state index contributed by atoms with van der Waals surface area (Å²) < 4.78 is 7.64. The summed E-state index contributed by atoms with van der Waals surface area (Å²) in [5.74, 6) is -0.0159. The van der Waals surface area contributed by atoms with Crippen LogP contribution in [0, 0.1) is 19.3 Å². The Morgan fingerprint density at radius 1 is 1.44 bits per heavy atom. The number of aromatic nitrogens is 3. The van der Waals surface area contributed by atoms with Gasteiger partial charge in [0.25, 0.3) is 5.91 Å². The highest BCUT2D eigenvalue weighted by molar-refractivity contribution is 6.06. The van der Waals surface area contributed by atoms with Gasteiger partial charge in [0.2, 0.25) is 0 Å². The molecule has 1 spiro atoms. The number of amides is 1. The quantitative estimate of drug-likeness (QED) is 0.927. The zero-order valence-corrected chi connectivity index (χ0v) is 15.4. The normalized spacial score (nSPS) is 24.2. The van der Waals surface area contributed by atoms with Crippen molar-refractivity contribution in [2.45, 2.75) is 58.6 Å². The van der Waals surface area contributed by atoms with E-state index in [9.17, 15) is 4.79 Å². The molecule has 0 bridgehead atoms. The second-order valence-electron chi connectivity index (χ2n) is 7.51. The van der Waals surface area contributed by atoms with Crippen LogP contribution >= 0.6 is 0 Å². The first kappa shape index (κ1) is 16.5. The van der Waals surface area contributed by atoms with Crippen LogP contribution in [0.3, 0.4) is 0 Å². The van der Waals surface area contributed by atoms with E-state index in [1.165, 1.54) is 6.42 Å². The minimum atomic E-state index is -0.0159. The minimum Gasteiger partial charge on any atom is -0.378 e. The molecule has 0 saturated heterocycles. The Morgan fingerprint density at radius 2 is 2.20 bits per heavy atom. The molecule has 4 rings (SSSR count). The molecule has 2 heterocycles. The number of hydrogen-bond acceptors (Lipinski definition) is 4. The molecule has 6 nitrogen and oxygen atoms in total. The molecule has 2 aliphatic carbocycles. The average molecular weight is 342 g/mol. The van der Waals surface area contributed by atoms with Crippen molar-refractivity contribution in [2.75, 3.05) is 6.61 Å². The maximum atomic E-state index is 13.1. The van der Waals surface area contributed by atoms with Crippen LogP contribution in [-0.2, 0) is 11.8 Å². The molecule has 1 N–H and O–H groups in total. The molecule has 25 heavy (non-hydrogen) atoms. The number of ether oxygens (including phenoxy) is 1. The molecule has 2 aliphatic rings. The number of carbonyl (C=O) groups is 1. The van der Waals surface area contributed by atoms with Crippen LogP contribution < -0.4 is 5.32 Å². The van der Waals surface area contributed by atoms with E-state index in [2.05, 4.69) is 15.4 Å². The van der Waals surface area contributed by atoms with Gasteiger partial charge in [0.1, 0.15) is 0 Å². The Bertz CT molecular complexity index is 838. The molecular weight excluding hydrogens is 316 g/mol. The highest BCUT2D eigenvalue weighted by atomic mass is 16.5. The molecular formula is C19H26N4O2. The lowest BCUT2D eigenvalue weighted by atomic mass is 9.51. The van der Waals surface area contributed by atoms with Crippen LogP contribution in [0.4, 0.5) is 0 Å². The standard InChI is InChI=1S/C19H26N4O2/c1-5-25-15-10-14(19(15)7-6-8-19)21-18(24)13-9-11(2)20-17-16(13)12(3)22-23(17)4/h9,14-15H,5-8,10H2,1-4H3,(H,21,24)/t14-,15+/m0/s1. The van der Waals surface area contributed by atoms with Gasteiger partial charge < -0.3 is 10.1 Å². The Labute approximate surface area is 147 Å². The number of aryl methyl sites for hydroxylation is 3. The fourth-order valence-electron chi connectivity index (χ4n) is 4.63. The van der Waals surface area contributed by atoms with Gasteiger partial charge in [0, 0.05) is 30.8 Å². The lowest BCUT2D eigenvalue weighted by Crippen LogP contribution is -2.67. The van der Waals surface area contributed by atoms with E-state index in [1.807, 2.05) is 33.9 Å². The van der Waals surface area contributed by atoms with Crippen molar-refractivity contribution in [1.29, 1.82) is 0 Å². The Balaban J connectivity index is 1.61. The van der Waals surface area contributed by atoms with E-state index >= 15 is 0 Å². The number of pyridine rings is 1. The van der Waals surface area contributed by atoms with Gasteiger partial charge in [-0.1, -0.05) is 6.42 Å². The molecule has 0 unspecified atom stereocenters. The highest BCUT2D eigenvalue weighted by Gasteiger charge is 2.59. The third-order valence-electron chi connectivity index (χ3n) is 6.08. The van der Waals surface area contributed by atoms with Crippen molar-refractivity contribution in [1.82, 2.24) is 20.1 Å². The fraction of sp³-hybridized carbons (Fsp3) is 0.632. The summed E-state index contributed by atoms with van der Waals surface area (Å²) >= 11 is 0. The zero-order chi connectivity index (χ0) is 17.8. The molecule has 2 aromatic heterocycles. The van der Waals surface area contributed by atoms with Crippen LogP contribution in [0.5, 0.6) is 0 Å². The summed E-state index contributed by atoms with van der Waals surface area (Å²) in [6.07, 6.45) is 4.75. The minimum absolute atomic E-state index is 0.0159. The predicted octanol–water partition coefficient (Wildman–Crippen LogP) is 2.66. The third kappa shape index (κ3) is 2.38. The van der Waals surface area contributed by atoms with E-state index in [-0.39, 0.29) is 17.4 Å². The molecule has 0 aliphatic heterocycles. The molecule has 0 radical (unpaired) electrons. The molecule has 2 fully saturated rings. The molecule has 2 aromatic rings. The van der Waals surface area contributed by atoms with Gasteiger partial charge in [-0.3, -0.25) is 9.48 Å². The number of hydrogen-bond donors (Lipinski definition) is 1. The van der Waals surface area contributed by atoms with Crippen molar-refractivity contribution in [3.63, 3.8) is 0 Å². The van der Waals surface area contributed by atoms with Gasteiger partial charge in [0.05, 0.1) is 22.7 Å². The maximum Gasteiger partial charge on any atom is 0.252 e. The largest absolute Gasteiger partial charge is 0.378 e. The first-order valence-electron chi connectivity index (χ1n) is 9.19. The molecule has 0 aromatic carbocycles. The first-order valence-corrected chi connectivity index (χ1v) is 9.19. The lowest BCUT2D eigenvalue weighted by molar-refractivity contribution is -0.169. The Morgan fingerprint density at radius 3 is 2.84 bits per heavy atom. The third-order valence-corrected chi connectivity index (χ3v) is 6.08. The number of carbonyl (C=O) groups excluding carboxylic acids is 1. The smallest absolute Gasteiger partial charge is 0.252 e. The Hall–Kier alpha value is -1.95. The van der Waals surface area contributed by atoms with Gasteiger partial charge >= 0.3 is 0 Å². The van der Waals surface area contributed by atoms with Crippen molar-refractivity contribution in [3.05, 3.63) is 23.0 Å². The van der Waals surface area contributed by atoms with Gasteiger partial charge in [-0.25, -0.2) is 4.98 Å². The second-order valence-corrected chi connectivity index (χ2v) is 7.51. The average Bonchev–Trinajstić information content (AvgIpc) is 2.78. The van der Waals surface area contributed by atoms with Crippen molar-refractivity contribution < 1.29 is 9.53 Å². The summed E-state index contributed by atoms with van der Waals surface area (Å²) in [7, 11) is 1.87. The molecule has 1 amide bonds. The van der Waals surface area contributed by atoms with Crippen molar-refractivity contribution >= 4 is 16.9 Å². The lowest BCUT2D eigenvalue weighted by Gasteiger charge is -2.61. The molecule has 2 atom stereocenters. The topological polar surface area (TPSA) is 69.0 Å². The second kappa shape index (κ2) is 5.80. The van der Waals surface area contributed by atoms with Crippen molar-refractivity contribution in [2.24, 2.45) is 12.5 Å². The van der Waals surface area contributed by atoms with Gasteiger partial charge in [-0.05, 0) is 46.1 Å². The highest BCUT2D eigenvalue weighted by Crippen LogP contribution is 2.57. The maximum absolute atomic E-state index is 13.1.